The van der Waals surface area contributed by atoms with E-state index in [0.29, 0.717) is 5.66 Å². The Kier molecular flexibility index (Phi) is 9.95. The quantitative estimate of drug-likeness (QED) is 0.180. The maximum Gasteiger partial charge on any atom is 0.127 e. The highest BCUT2D eigenvalue weighted by Crippen LogP contribution is 2.72. The fourth-order valence-corrected chi connectivity index (χ4v) is 16.4. The van der Waals surface area contributed by atoms with Crippen molar-refractivity contribution in [1.29, 1.82) is 0 Å². The lowest BCUT2D eigenvalue weighted by Crippen LogP contribution is -2.24. The number of ether oxygens (including phenoxy) is 2. The van der Waals surface area contributed by atoms with Crippen LogP contribution in [0.1, 0.15) is 75.7 Å². The lowest BCUT2D eigenvalue weighted by molar-refractivity contribution is 0.410. The summed E-state index contributed by atoms with van der Waals surface area (Å²) >= 11 is 0. The molecule has 0 spiro atoms. The fraction of sp³-hybridized carbons (Fsp3) is 0.368. The molecule has 4 aromatic rings. The van der Waals surface area contributed by atoms with Gasteiger partial charge in [-0.15, -0.1) is 0 Å². The van der Waals surface area contributed by atoms with Crippen molar-refractivity contribution in [1.82, 2.24) is 0 Å². The van der Waals surface area contributed by atoms with Gasteiger partial charge in [-0.05, 0) is 86.1 Å². The van der Waals surface area contributed by atoms with Gasteiger partial charge in [-0.25, -0.2) is 0 Å². The Balaban J connectivity index is 1.54. The van der Waals surface area contributed by atoms with Crippen molar-refractivity contribution in [2.45, 2.75) is 75.8 Å². The topological polar surface area (TPSA) is 18.5 Å². The third-order valence-corrected chi connectivity index (χ3v) is 17.6. The molecule has 0 aromatic heterocycles. The van der Waals surface area contributed by atoms with Crippen molar-refractivity contribution < 1.29 is 9.47 Å². The number of hydrogen-bond donors (Lipinski definition) is 0. The van der Waals surface area contributed by atoms with Crippen molar-refractivity contribution >= 4 is 31.1 Å². The van der Waals surface area contributed by atoms with E-state index >= 15 is 0 Å². The first-order valence-electron chi connectivity index (χ1n) is 15.8. The van der Waals surface area contributed by atoms with Crippen LogP contribution in [0.3, 0.4) is 0 Å². The second-order valence-corrected chi connectivity index (χ2v) is 17.8. The molecule has 0 N–H and O–H groups in total. The molecule has 2 atom stereocenters. The number of rotatable bonds is 9. The molecule has 0 saturated heterocycles. The van der Waals surface area contributed by atoms with Gasteiger partial charge in [0.25, 0.3) is 0 Å². The molecule has 0 bridgehead atoms. The van der Waals surface area contributed by atoms with E-state index in [1.165, 1.54) is 85.7 Å². The second-order valence-electron chi connectivity index (χ2n) is 11.8. The predicted octanol–water partition coefficient (Wildman–Crippen LogP) is 9.91. The van der Waals surface area contributed by atoms with E-state index in [0.717, 1.165) is 23.0 Å². The smallest absolute Gasteiger partial charge is 0.127 e. The average Bonchev–Trinajstić information content (AvgIpc) is 3.08. The van der Waals surface area contributed by atoms with Crippen molar-refractivity contribution in [3.63, 3.8) is 0 Å². The molecule has 2 saturated carbocycles. The lowest BCUT2D eigenvalue weighted by atomic mass is 9.84. The third-order valence-electron chi connectivity index (χ3n) is 9.20. The summed E-state index contributed by atoms with van der Waals surface area (Å²) in [4.78, 5) is 0. The molecule has 0 amide bonds. The molecule has 0 radical (unpaired) electrons. The van der Waals surface area contributed by atoms with E-state index in [2.05, 4.69) is 97.1 Å². The first-order chi connectivity index (χ1) is 20.8. The Morgan fingerprint density at radius 2 is 1.14 bits per heavy atom. The van der Waals surface area contributed by atoms with Crippen molar-refractivity contribution in [2.75, 3.05) is 14.2 Å². The number of para-hydroxylation sites is 1. The van der Waals surface area contributed by atoms with Crippen molar-refractivity contribution in [2.24, 2.45) is 0 Å². The Hall–Kier alpha value is -2.66. The minimum atomic E-state index is -0.613. The van der Waals surface area contributed by atoms with E-state index in [4.69, 9.17) is 9.47 Å². The molecule has 4 heteroatoms. The molecular formula is C38H44O2P2. The van der Waals surface area contributed by atoms with Gasteiger partial charge in [-0.3, -0.25) is 0 Å². The minimum Gasteiger partial charge on any atom is -0.496 e. The van der Waals surface area contributed by atoms with Gasteiger partial charge in [0.05, 0.1) is 14.2 Å². The van der Waals surface area contributed by atoms with Gasteiger partial charge < -0.3 is 9.47 Å². The molecule has 2 aliphatic carbocycles. The summed E-state index contributed by atoms with van der Waals surface area (Å²) in [5.41, 5.74) is 4.57. The zero-order chi connectivity index (χ0) is 28.7. The van der Waals surface area contributed by atoms with Crippen LogP contribution in [0.4, 0.5) is 0 Å². The van der Waals surface area contributed by atoms with Gasteiger partial charge in [0.1, 0.15) is 11.5 Å². The standard InChI is InChI=1S/C38H44O2P2/c1-39-35-22-13-12-21-34(35)38-36(40-2)23-14-24-37(38)42(32-19-10-5-11-20-32)41(31-17-8-4-9-18-31)33-27-25-30(26-28-33)29-15-6-3-7-16-29/h4,8-9,12-14,17-18,21-29,32H,3,5-7,10-11,15-16,19-20H2,1-2H3. The van der Waals surface area contributed by atoms with Gasteiger partial charge in [-0.1, -0.05) is 123 Å². The number of benzene rings is 4. The maximum absolute atomic E-state index is 6.11. The van der Waals surface area contributed by atoms with Crippen LogP contribution < -0.4 is 25.4 Å². The highest BCUT2D eigenvalue weighted by molar-refractivity contribution is 8.39. The van der Waals surface area contributed by atoms with Gasteiger partial charge in [0.2, 0.25) is 0 Å². The lowest BCUT2D eigenvalue weighted by Gasteiger charge is -2.39. The summed E-state index contributed by atoms with van der Waals surface area (Å²) in [6, 6.07) is 36.6. The summed E-state index contributed by atoms with van der Waals surface area (Å²) < 4.78 is 12.1. The summed E-state index contributed by atoms with van der Waals surface area (Å²) in [5, 5.41) is 4.47. The van der Waals surface area contributed by atoms with Crippen LogP contribution >= 0.6 is 15.2 Å². The molecule has 218 valence electrons. The molecule has 2 unspecified atom stereocenters. The molecular weight excluding hydrogens is 550 g/mol. The van der Waals surface area contributed by atoms with E-state index in [9.17, 15) is 0 Å². The molecule has 2 fully saturated rings. The van der Waals surface area contributed by atoms with E-state index in [-0.39, 0.29) is 0 Å². The minimum absolute atomic E-state index is 0.569. The highest BCUT2D eigenvalue weighted by Gasteiger charge is 2.36. The summed E-state index contributed by atoms with van der Waals surface area (Å²) in [6.45, 7) is 0. The molecule has 2 aliphatic rings. The molecule has 4 aromatic carbocycles. The van der Waals surface area contributed by atoms with Crippen LogP contribution in [0.15, 0.2) is 97.1 Å². The van der Waals surface area contributed by atoms with Crippen LogP contribution in [0.2, 0.25) is 0 Å². The largest absolute Gasteiger partial charge is 0.496 e. The average molecular weight is 595 g/mol. The van der Waals surface area contributed by atoms with Crippen LogP contribution in [0.5, 0.6) is 11.5 Å². The molecule has 42 heavy (non-hydrogen) atoms. The van der Waals surface area contributed by atoms with Crippen LogP contribution in [-0.2, 0) is 0 Å². The van der Waals surface area contributed by atoms with E-state index in [1.807, 2.05) is 7.11 Å². The zero-order valence-corrected chi connectivity index (χ0v) is 27.0. The number of hydrogen-bond acceptors (Lipinski definition) is 2. The predicted molar refractivity (Wildman–Crippen MR) is 183 cm³/mol. The molecule has 0 aliphatic heterocycles. The molecule has 2 nitrogen and oxygen atoms in total. The Labute approximate surface area is 255 Å². The first-order valence-corrected chi connectivity index (χ1v) is 19.3. The van der Waals surface area contributed by atoms with E-state index < -0.39 is 15.2 Å². The summed E-state index contributed by atoms with van der Waals surface area (Å²) in [5.74, 6) is 2.57. The zero-order valence-electron chi connectivity index (χ0n) is 25.2. The van der Waals surface area contributed by atoms with Crippen molar-refractivity contribution in [3.05, 3.63) is 103 Å². The van der Waals surface area contributed by atoms with Crippen LogP contribution in [0, 0.1) is 0 Å². The monoisotopic (exact) mass is 594 g/mol. The second kappa shape index (κ2) is 14.2. The first kappa shape index (κ1) is 29.4. The number of methoxy groups -OCH3 is 2. The normalized spacial score (nSPS) is 17.9. The summed E-state index contributed by atoms with van der Waals surface area (Å²) in [6.07, 6.45) is 13.5. The Bertz CT molecular complexity index is 1420. The maximum atomic E-state index is 6.11. The highest BCUT2D eigenvalue weighted by atomic mass is 32.1. The Morgan fingerprint density at radius 3 is 1.83 bits per heavy atom. The third kappa shape index (κ3) is 6.32. The van der Waals surface area contributed by atoms with Gasteiger partial charge in [0, 0.05) is 11.1 Å². The SMILES string of the molecule is COc1ccccc1-c1c(OC)cccc1P(C1CCCCC1)P(c1ccccc1)c1ccc(C2CCCCC2)cc1. The fourth-order valence-electron chi connectivity index (χ4n) is 7.09. The van der Waals surface area contributed by atoms with Gasteiger partial charge in [0.15, 0.2) is 0 Å². The summed E-state index contributed by atoms with van der Waals surface area (Å²) in [7, 11) is 2.41. The van der Waals surface area contributed by atoms with Gasteiger partial charge in [-0.2, -0.15) is 0 Å². The molecule has 0 heterocycles. The van der Waals surface area contributed by atoms with Crippen molar-refractivity contribution in [3.8, 4) is 22.6 Å². The van der Waals surface area contributed by atoms with Gasteiger partial charge >= 0.3 is 0 Å². The molecule has 6 rings (SSSR count). The Morgan fingerprint density at radius 1 is 0.548 bits per heavy atom. The van der Waals surface area contributed by atoms with Crippen LogP contribution in [-0.4, -0.2) is 19.9 Å². The van der Waals surface area contributed by atoms with Crippen LogP contribution in [0.25, 0.3) is 11.1 Å². The van der Waals surface area contributed by atoms with E-state index in [1.54, 1.807) is 12.7 Å².